The molecule has 1 heterocycles. The minimum Gasteiger partial charge on any atom is -0.306 e. The first-order valence-corrected chi connectivity index (χ1v) is 7.17. The largest absolute Gasteiger partial charge is 0.306 e. The quantitative estimate of drug-likeness (QED) is 0.875. The van der Waals surface area contributed by atoms with Gasteiger partial charge in [-0.2, -0.15) is 5.10 Å². The second kappa shape index (κ2) is 6.66. The molecule has 0 fully saturated rings. The third kappa shape index (κ3) is 3.25. The average Bonchev–Trinajstić information content (AvgIpc) is 2.90. The van der Waals surface area contributed by atoms with E-state index in [0.717, 1.165) is 36.2 Å². The summed E-state index contributed by atoms with van der Waals surface area (Å²) in [4.78, 5) is 0. The molecule has 0 amide bonds. The molecule has 0 spiro atoms. The normalized spacial score (nSPS) is 12.6. The molecule has 0 aliphatic carbocycles. The fourth-order valence-corrected chi connectivity index (χ4v) is 2.36. The number of benzene rings is 1. The van der Waals surface area contributed by atoms with E-state index in [2.05, 4.69) is 30.5 Å². The highest BCUT2D eigenvalue weighted by molar-refractivity contribution is 5.35. The van der Waals surface area contributed by atoms with Gasteiger partial charge in [0.2, 0.25) is 0 Å². The van der Waals surface area contributed by atoms with Gasteiger partial charge in [0, 0.05) is 18.3 Å². The van der Waals surface area contributed by atoms with Gasteiger partial charge < -0.3 is 5.32 Å². The highest BCUT2D eigenvalue weighted by Gasteiger charge is 2.17. The van der Waals surface area contributed by atoms with Gasteiger partial charge in [-0.15, -0.1) is 0 Å². The molecule has 1 N–H and O–H groups in total. The van der Waals surface area contributed by atoms with Crippen LogP contribution >= 0.6 is 0 Å². The Kier molecular flexibility index (Phi) is 4.90. The molecule has 1 atom stereocenters. The first-order valence-electron chi connectivity index (χ1n) is 7.17. The number of halogens is 1. The Morgan fingerprint density at radius 3 is 2.75 bits per heavy atom. The number of rotatable bonds is 6. The summed E-state index contributed by atoms with van der Waals surface area (Å²) in [6.07, 6.45) is 4.99. The van der Waals surface area contributed by atoms with Crippen LogP contribution in [0.5, 0.6) is 0 Å². The molecule has 2 aromatic rings. The van der Waals surface area contributed by atoms with Crippen LogP contribution in [0.2, 0.25) is 0 Å². The van der Waals surface area contributed by atoms with Crippen LogP contribution in [0.1, 0.15) is 43.0 Å². The number of hydrogen-bond donors (Lipinski definition) is 1. The van der Waals surface area contributed by atoms with Gasteiger partial charge in [-0.1, -0.05) is 13.0 Å². The lowest BCUT2D eigenvalue weighted by Crippen LogP contribution is -2.23. The van der Waals surface area contributed by atoms with Crippen molar-refractivity contribution in [1.29, 1.82) is 0 Å². The van der Waals surface area contributed by atoms with Crippen molar-refractivity contribution in [2.75, 3.05) is 6.54 Å². The van der Waals surface area contributed by atoms with Crippen LogP contribution in [0.15, 0.2) is 30.6 Å². The van der Waals surface area contributed by atoms with Crippen LogP contribution in [0.25, 0.3) is 0 Å². The van der Waals surface area contributed by atoms with Crippen LogP contribution in [0, 0.1) is 12.7 Å². The van der Waals surface area contributed by atoms with E-state index < -0.39 is 0 Å². The van der Waals surface area contributed by atoms with Crippen LogP contribution < -0.4 is 5.32 Å². The maximum atomic E-state index is 13.3. The second-order valence-corrected chi connectivity index (χ2v) is 5.02. The summed E-state index contributed by atoms with van der Waals surface area (Å²) < 4.78 is 15.2. The van der Waals surface area contributed by atoms with E-state index in [1.165, 1.54) is 6.07 Å². The molecule has 1 aromatic carbocycles. The van der Waals surface area contributed by atoms with E-state index in [-0.39, 0.29) is 11.9 Å². The number of aryl methyl sites for hydroxylation is 2. The smallest absolute Gasteiger partial charge is 0.123 e. The summed E-state index contributed by atoms with van der Waals surface area (Å²) >= 11 is 0. The molecule has 0 bridgehead atoms. The Bertz CT molecular complexity index is 563. The van der Waals surface area contributed by atoms with Crippen molar-refractivity contribution >= 4 is 0 Å². The summed E-state index contributed by atoms with van der Waals surface area (Å²) in [7, 11) is 0. The van der Waals surface area contributed by atoms with Crippen molar-refractivity contribution in [3.63, 3.8) is 0 Å². The predicted octanol–water partition coefficient (Wildman–Crippen LogP) is 3.44. The van der Waals surface area contributed by atoms with Crippen molar-refractivity contribution in [3.8, 4) is 0 Å². The number of hydrogen-bond acceptors (Lipinski definition) is 2. The average molecular weight is 275 g/mol. The van der Waals surface area contributed by atoms with Gasteiger partial charge in [-0.05, 0) is 50.1 Å². The molecule has 3 nitrogen and oxygen atoms in total. The molecule has 4 heteroatoms. The molecule has 0 aliphatic heterocycles. The van der Waals surface area contributed by atoms with E-state index in [0.29, 0.717) is 0 Å². The lowest BCUT2D eigenvalue weighted by molar-refractivity contribution is 0.588. The van der Waals surface area contributed by atoms with Gasteiger partial charge in [0.25, 0.3) is 0 Å². The second-order valence-electron chi connectivity index (χ2n) is 5.02. The minimum atomic E-state index is -0.190. The van der Waals surface area contributed by atoms with Gasteiger partial charge >= 0.3 is 0 Å². The maximum absolute atomic E-state index is 13.3. The summed E-state index contributed by atoms with van der Waals surface area (Å²) in [6, 6.07) is 5.03. The monoisotopic (exact) mass is 275 g/mol. The van der Waals surface area contributed by atoms with Crippen LogP contribution in [-0.2, 0) is 6.54 Å². The van der Waals surface area contributed by atoms with Crippen LogP contribution in [0.3, 0.4) is 0 Å². The van der Waals surface area contributed by atoms with E-state index in [1.807, 2.05) is 23.9 Å². The number of aromatic nitrogens is 2. The van der Waals surface area contributed by atoms with Gasteiger partial charge in [0.1, 0.15) is 5.82 Å². The lowest BCUT2D eigenvalue weighted by atomic mass is 9.97. The van der Waals surface area contributed by atoms with E-state index in [9.17, 15) is 4.39 Å². The number of nitrogens with zero attached hydrogens (tertiary/aromatic N) is 2. The molecule has 0 saturated heterocycles. The van der Waals surface area contributed by atoms with E-state index >= 15 is 0 Å². The zero-order valence-corrected chi connectivity index (χ0v) is 12.4. The highest BCUT2D eigenvalue weighted by Crippen LogP contribution is 2.25. The lowest BCUT2D eigenvalue weighted by Gasteiger charge is -2.20. The minimum absolute atomic E-state index is 0.0656. The first kappa shape index (κ1) is 14.7. The maximum Gasteiger partial charge on any atom is 0.123 e. The molecule has 0 saturated carbocycles. The van der Waals surface area contributed by atoms with Crippen LogP contribution in [0.4, 0.5) is 4.39 Å². The van der Waals surface area contributed by atoms with Gasteiger partial charge in [0.05, 0.1) is 12.2 Å². The third-order valence-corrected chi connectivity index (χ3v) is 3.45. The molecule has 1 unspecified atom stereocenters. The Morgan fingerprint density at radius 2 is 2.15 bits per heavy atom. The molecule has 1 aromatic heterocycles. The Morgan fingerprint density at radius 1 is 1.35 bits per heavy atom. The zero-order valence-electron chi connectivity index (χ0n) is 12.4. The van der Waals surface area contributed by atoms with E-state index in [1.54, 1.807) is 6.07 Å². The molecule has 20 heavy (non-hydrogen) atoms. The predicted molar refractivity (Wildman–Crippen MR) is 79.2 cm³/mol. The molecule has 0 aliphatic rings. The summed E-state index contributed by atoms with van der Waals surface area (Å²) in [5.41, 5.74) is 3.19. The first-order chi connectivity index (χ1) is 9.65. The highest BCUT2D eigenvalue weighted by atomic mass is 19.1. The van der Waals surface area contributed by atoms with Crippen molar-refractivity contribution < 1.29 is 4.39 Å². The third-order valence-electron chi connectivity index (χ3n) is 3.45. The van der Waals surface area contributed by atoms with Crippen molar-refractivity contribution in [3.05, 3.63) is 53.1 Å². The van der Waals surface area contributed by atoms with Crippen molar-refractivity contribution in [1.82, 2.24) is 15.1 Å². The SMILES string of the molecule is CCCNC(c1cnn(CC)c1)c1ccc(F)cc1C. The fourth-order valence-electron chi connectivity index (χ4n) is 2.36. The molecular formula is C16H22FN3. The van der Waals surface area contributed by atoms with Crippen molar-refractivity contribution in [2.24, 2.45) is 0 Å². The Labute approximate surface area is 119 Å². The summed E-state index contributed by atoms with van der Waals surface area (Å²) in [5.74, 6) is -0.190. The van der Waals surface area contributed by atoms with Gasteiger partial charge in [-0.3, -0.25) is 4.68 Å². The fraction of sp³-hybridized carbons (Fsp3) is 0.438. The van der Waals surface area contributed by atoms with Gasteiger partial charge in [-0.25, -0.2) is 4.39 Å². The Balaban J connectivity index is 2.35. The standard InChI is InChI=1S/C16H22FN3/c1-4-8-18-16(13-10-19-20(5-2)11-13)15-7-6-14(17)9-12(15)3/h6-7,9-11,16,18H,4-5,8H2,1-3H3. The molecular weight excluding hydrogens is 253 g/mol. The van der Waals surface area contributed by atoms with Crippen LogP contribution in [-0.4, -0.2) is 16.3 Å². The topological polar surface area (TPSA) is 29.9 Å². The molecule has 108 valence electrons. The number of nitrogens with one attached hydrogen (secondary N) is 1. The molecule has 0 radical (unpaired) electrons. The molecule has 2 rings (SSSR count). The van der Waals surface area contributed by atoms with Crippen molar-refractivity contribution in [2.45, 2.75) is 39.8 Å². The summed E-state index contributed by atoms with van der Waals surface area (Å²) in [5, 5.41) is 7.86. The Hall–Kier alpha value is -1.68. The summed E-state index contributed by atoms with van der Waals surface area (Å²) in [6.45, 7) is 7.91. The van der Waals surface area contributed by atoms with E-state index in [4.69, 9.17) is 0 Å². The van der Waals surface area contributed by atoms with Gasteiger partial charge in [0.15, 0.2) is 0 Å². The zero-order chi connectivity index (χ0) is 14.5.